The molecule has 0 saturated carbocycles. The molecule has 0 fully saturated rings. The van der Waals surface area contributed by atoms with Gasteiger partial charge < -0.3 is 10.1 Å². The Hall–Kier alpha value is -2.80. The fraction of sp³-hybridized carbons (Fsp3) is 0.150. The van der Waals surface area contributed by atoms with E-state index in [0.29, 0.717) is 5.75 Å². The number of carbonyl (C=O) groups excluding carboxylic acids is 1. The van der Waals surface area contributed by atoms with Crippen molar-refractivity contribution in [3.05, 3.63) is 76.3 Å². The van der Waals surface area contributed by atoms with Crippen molar-refractivity contribution in [3.63, 3.8) is 0 Å². The lowest BCUT2D eigenvalue weighted by atomic mass is 9.97. The Labute approximate surface area is 164 Å². The van der Waals surface area contributed by atoms with Gasteiger partial charge in [0.25, 0.3) is 0 Å². The van der Waals surface area contributed by atoms with Crippen molar-refractivity contribution in [1.82, 2.24) is 5.32 Å². The molecule has 2 rings (SSSR count). The highest BCUT2D eigenvalue weighted by Gasteiger charge is 2.19. The molecule has 1 N–H and O–H groups in total. The Morgan fingerprint density at radius 1 is 1.21 bits per heavy atom. The molecule has 2 aromatic rings. The zero-order valence-corrected chi connectivity index (χ0v) is 15.4. The maximum absolute atomic E-state index is 14.4. The Morgan fingerprint density at radius 2 is 1.89 bits per heavy atom. The first-order valence-corrected chi connectivity index (χ1v) is 8.44. The van der Waals surface area contributed by atoms with Gasteiger partial charge in [0.05, 0.1) is 18.4 Å². The predicted molar refractivity (Wildman–Crippen MR) is 100 cm³/mol. The molecule has 3 nitrogen and oxygen atoms in total. The van der Waals surface area contributed by atoms with Gasteiger partial charge in [-0.3, -0.25) is 4.79 Å². The summed E-state index contributed by atoms with van der Waals surface area (Å²) in [7, 11) is 1.41. The van der Waals surface area contributed by atoms with Crippen molar-refractivity contribution in [3.8, 4) is 5.75 Å². The highest BCUT2D eigenvalue weighted by atomic mass is 35.5. The maximum Gasteiger partial charge on any atom is 0.242 e. The van der Waals surface area contributed by atoms with Crippen LogP contribution in [0.1, 0.15) is 17.5 Å². The van der Waals surface area contributed by atoms with Crippen LogP contribution in [0.3, 0.4) is 0 Å². The van der Waals surface area contributed by atoms with Gasteiger partial charge in [0.1, 0.15) is 17.4 Å². The van der Waals surface area contributed by atoms with Crippen molar-refractivity contribution in [2.24, 2.45) is 0 Å². The maximum atomic E-state index is 14.4. The second-order valence-corrected chi connectivity index (χ2v) is 5.93. The largest absolute Gasteiger partial charge is 0.497 e. The van der Waals surface area contributed by atoms with Crippen LogP contribution < -0.4 is 10.1 Å². The van der Waals surface area contributed by atoms with Gasteiger partial charge in [-0.05, 0) is 30.3 Å². The summed E-state index contributed by atoms with van der Waals surface area (Å²) in [6.07, 6.45) is -0.632. The van der Waals surface area contributed by atoms with E-state index in [0.717, 1.165) is 24.3 Å². The predicted octanol–water partition coefficient (Wildman–Crippen LogP) is 5.45. The topological polar surface area (TPSA) is 38.3 Å². The number of amides is 1. The summed E-state index contributed by atoms with van der Waals surface area (Å²) in [6, 6.07) is 7.69. The molecule has 1 amide bonds. The van der Waals surface area contributed by atoms with Crippen molar-refractivity contribution < 1.29 is 27.1 Å². The summed E-state index contributed by atoms with van der Waals surface area (Å²) in [4.78, 5) is 11.1. The molecule has 0 atom stereocenters. The van der Waals surface area contributed by atoms with Crippen LogP contribution in [0.2, 0.25) is 5.02 Å². The molecule has 8 heteroatoms. The molecule has 0 aliphatic carbocycles. The zero-order chi connectivity index (χ0) is 20.7. The molecule has 0 aliphatic rings. The molecule has 0 radical (unpaired) electrons. The number of nitrogens with one attached hydrogen (secondary N) is 1. The minimum Gasteiger partial charge on any atom is -0.497 e. The van der Waals surface area contributed by atoms with E-state index >= 15 is 0 Å². The Morgan fingerprint density at radius 3 is 2.46 bits per heavy atom. The second-order valence-electron chi connectivity index (χ2n) is 5.52. The molecule has 0 bridgehead atoms. The van der Waals surface area contributed by atoms with E-state index in [1.54, 1.807) is 6.07 Å². The minimum absolute atomic E-state index is 0.0423. The van der Waals surface area contributed by atoms with Gasteiger partial charge in [-0.25, -0.2) is 17.6 Å². The number of ether oxygens (including phenoxy) is 1. The van der Waals surface area contributed by atoms with Gasteiger partial charge in [-0.15, -0.1) is 0 Å². The van der Waals surface area contributed by atoms with Gasteiger partial charge in [-0.2, -0.15) is 0 Å². The summed E-state index contributed by atoms with van der Waals surface area (Å²) in [6.45, 7) is 0. The van der Waals surface area contributed by atoms with Gasteiger partial charge in [-0.1, -0.05) is 29.8 Å². The number of alkyl halides is 2. The molecule has 0 saturated heterocycles. The number of hydrogen-bond donors (Lipinski definition) is 1. The van der Waals surface area contributed by atoms with E-state index in [9.17, 15) is 22.4 Å². The van der Waals surface area contributed by atoms with Crippen molar-refractivity contribution in [2.75, 3.05) is 7.11 Å². The zero-order valence-electron chi connectivity index (χ0n) is 14.7. The third-order valence-corrected chi connectivity index (χ3v) is 4.08. The standard InChI is InChI=1S/C20H16ClF4NO2/c1-28-12-8-9-15(21)14(10-12)13(4-2-7-18(24)25)20(26-11-27)19-16(22)5-3-6-17(19)23/h2-6,8-11,18H,7H2,1H3,(H,26,27)/b4-2-,20-13+. The molecular formula is C20H16ClF4NO2. The van der Waals surface area contributed by atoms with E-state index in [4.69, 9.17) is 16.3 Å². The molecule has 148 valence electrons. The van der Waals surface area contributed by atoms with Gasteiger partial charge in [0.15, 0.2) is 0 Å². The van der Waals surface area contributed by atoms with Gasteiger partial charge >= 0.3 is 0 Å². The van der Waals surface area contributed by atoms with Crippen LogP contribution in [0.5, 0.6) is 5.75 Å². The summed E-state index contributed by atoms with van der Waals surface area (Å²) in [5.41, 5.74) is -0.504. The Balaban J connectivity index is 2.82. The molecule has 2 aromatic carbocycles. The SMILES string of the molecule is COc1ccc(Cl)c(C(/C=C\CC(F)F)=C(/NC=O)c2c(F)cccc2F)c1. The van der Waals surface area contributed by atoms with Crippen molar-refractivity contribution >= 4 is 29.3 Å². The normalized spacial score (nSPS) is 12.2. The lowest BCUT2D eigenvalue weighted by Gasteiger charge is -2.16. The highest BCUT2D eigenvalue weighted by Crippen LogP contribution is 2.35. The van der Waals surface area contributed by atoms with Gasteiger partial charge in [0, 0.05) is 22.6 Å². The Kier molecular flexibility index (Phi) is 7.63. The molecule has 0 aromatic heterocycles. The first kappa shape index (κ1) is 21.5. The van der Waals surface area contributed by atoms with E-state index in [1.807, 2.05) is 0 Å². The van der Waals surface area contributed by atoms with Gasteiger partial charge in [0.2, 0.25) is 12.8 Å². The molecule has 28 heavy (non-hydrogen) atoms. The monoisotopic (exact) mass is 413 g/mol. The number of benzene rings is 2. The van der Waals surface area contributed by atoms with E-state index in [-0.39, 0.29) is 28.3 Å². The fourth-order valence-corrected chi connectivity index (χ4v) is 2.73. The molecular weight excluding hydrogens is 398 g/mol. The van der Waals surface area contributed by atoms with Crippen LogP contribution in [-0.4, -0.2) is 19.9 Å². The lowest BCUT2D eigenvalue weighted by molar-refractivity contribution is -0.108. The summed E-state index contributed by atoms with van der Waals surface area (Å²) in [5.74, 6) is -1.51. The van der Waals surface area contributed by atoms with E-state index < -0.39 is 30.0 Å². The van der Waals surface area contributed by atoms with Crippen LogP contribution in [-0.2, 0) is 4.79 Å². The first-order valence-electron chi connectivity index (χ1n) is 8.06. The Bertz CT molecular complexity index is 893. The van der Waals surface area contributed by atoms with Crippen LogP contribution in [0.25, 0.3) is 11.3 Å². The smallest absolute Gasteiger partial charge is 0.242 e. The number of halogens is 5. The lowest BCUT2D eigenvalue weighted by Crippen LogP contribution is -2.14. The number of allylic oxidation sites excluding steroid dienone is 3. The molecule has 0 aliphatic heterocycles. The van der Waals surface area contributed by atoms with Crippen LogP contribution in [0.15, 0.2) is 48.6 Å². The summed E-state index contributed by atoms with van der Waals surface area (Å²) >= 11 is 6.23. The second kappa shape index (κ2) is 9.94. The fourth-order valence-electron chi connectivity index (χ4n) is 2.51. The van der Waals surface area contributed by atoms with Crippen LogP contribution >= 0.6 is 11.6 Å². The van der Waals surface area contributed by atoms with E-state index in [1.165, 1.54) is 25.3 Å². The van der Waals surface area contributed by atoms with E-state index in [2.05, 4.69) is 5.32 Å². The number of hydrogen-bond acceptors (Lipinski definition) is 2. The first-order chi connectivity index (χ1) is 13.4. The molecule has 0 spiro atoms. The average molecular weight is 414 g/mol. The third-order valence-electron chi connectivity index (χ3n) is 3.75. The van der Waals surface area contributed by atoms with Crippen LogP contribution in [0, 0.1) is 11.6 Å². The number of methoxy groups -OCH3 is 1. The average Bonchev–Trinajstić information content (AvgIpc) is 2.65. The number of rotatable bonds is 8. The molecule has 0 unspecified atom stereocenters. The summed E-state index contributed by atoms with van der Waals surface area (Å²) in [5, 5.41) is 2.43. The van der Waals surface area contributed by atoms with Crippen LogP contribution in [0.4, 0.5) is 17.6 Å². The van der Waals surface area contributed by atoms with Crippen molar-refractivity contribution in [2.45, 2.75) is 12.8 Å². The minimum atomic E-state index is -2.62. The highest BCUT2D eigenvalue weighted by molar-refractivity contribution is 6.33. The molecule has 0 heterocycles. The summed E-state index contributed by atoms with van der Waals surface area (Å²) < 4.78 is 59.0. The third kappa shape index (κ3) is 5.13. The van der Waals surface area contributed by atoms with Crippen molar-refractivity contribution in [1.29, 1.82) is 0 Å². The number of carbonyl (C=O) groups is 1. The quantitative estimate of drug-likeness (QED) is 0.270.